The Bertz CT molecular complexity index is 1040. The van der Waals surface area contributed by atoms with E-state index >= 15 is 0 Å². The van der Waals surface area contributed by atoms with Crippen molar-refractivity contribution < 1.29 is 15.0 Å². The van der Waals surface area contributed by atoms with Gasteiger partial charge in [-0.2, -0.15) is 0 Å². The Morgan fingerprint density at radius 2 is 1.53 bits per heavy atom. The molecule has 5 fully saturated rings. The van der Waals surface area contributed by atoms with E-state index in [9.17, 15) is 15.0 Å². The molecular weight excluding hydrogens is 470 g/mol. The first-order valence-corrected chi connectivity index (χ1v) is 16.3. The van der Waals surface area contributed by atoms with Crippen LogP contribution in [0.1, 0.15) is 110 Å². The molecule has 0 radical (unpaired) electrons. The van der Waals surface area contributed by atoms with Gasteiger partial charge >= 0.3 is 0 Å². The third-order valence-electron chi connectivity index (χ3n) is 13.9. The second-order valence-corrected chi connectivity index (χ2v) is 15.3. The summed E-state index contributed by atoms with van der Waals surface area (Å²) in [5.41, 5.74) is -0.135. The molecule has 4 heteroatoms. The van der Waals surface area contributed by atoms with E-state index in [0.717, 1.165) is 83.0 Å². The molecule has 8 atom stereocenters. The van der Waals surface area contributed by atoms with Crippen molar-refractivity contribution in [3.8, 4) is 0 Å². The fourth-order valence-electron chi connectivity index (χ4n) is 11.7. The molecule has 1 aliphatic heterocycles. The number of carbonyl (C=O) groups is 1. The molecule has 8 unspecified atom stereocenters. The number of hydrogen-bond acceptors (Lipinski definition) is 4. The largest absolute Gasteiger partial charge is 0.393 e. The van der Waals surface area contributed by atoms with Crippen molar-refractivity contribution in [2.75, 3.05) is 19.6 Å². The van der Waals surface area contributed by atoms with Gasteiger partial charge in [-0.15, -0.1) is 0 Å². The van der Waals surface area contributed by atoms with Crippen molar-refractivity contribution in [2.45, 2.75) is 122 Å². The summed E-state index contributed by atoms with van der Waals surface area (Å²) in [6.07, 6.45) is 23.3. The van der Waals surface area contributed by atoms with Gasteiger partial charge in [-0.3, -0.25) is 4.79 Å². The van der Waals surface area contributed by atoms with Gasteiger partial charge in [-0.25, -0.2) is 0 Å². The lowest BCUT2D eigenvalue weighted by atomic mass is 9.32. The molecule has 1 heterocycles. The Kier molecular flexibility index (Phi) is 5.99. The summed E-state index contributed by atoms with van der Waals surface area (Å²) in [6.45, 7) is 7.93. The van der Waals surface area contributed by atoms with Gasteiger partial charge in [0.2, 0.25) is 0 Å². The molecule has 8 rings (SSSR count). The van der Waals surface area contributed by atoms with Crippen LogP contribution in [0.3, 0.4) is 0 Å². The van der Waals surface area contributed by atoms with Crippen LogP contribution in [0, 0.1) is 39.4 Å². The Morgan fingerprint density at radius 3 is 2.29 bits per heavy atom. The number of Topliss-reactive ketones (excluding diaryl/α,β-unsaturated/α-hetero) is 1. The lowest BCUT2D eigenvalue weighted by molar-refractivity contribution is -0.180. The van der Waals surface area contributed by atoms with Gasteiger partial charge in [0, 0.05) is 34.3 Å². The Labute approximate surface area is 230 Å². The van der Waals surface area contributed by atoms with Crippen molar-refractivity contribution in [1.29, 1.82) is 0 Å². The zero-order valence-corrected chi connectivity index (χ0v) is 24.0. The van der Waals surface area contributed by atoms with Crippen LogP contribution in [-0.2, 0) is 4.79 Å². The van der Waals surface area contributed by atoms with E-state index in [1.807, 2.05) is 0 Å². The standard InChI is InChI=1S/C34H51NO3/c1-30-14-11-25(36)21-32(30)17-18-34(26(22-32)29(37)24-9-5-3-6-10-24)27(30)12-15-31(2)28(34)13-16-33(31,38)23-35-19-7-4-8-20-35/h17-18,22,24-25,27-28,36,38H,3-16,19-21,23H2,1-2H3. The van der Waals surface area contributed by atoms with Gasteiger partial charge in [0.1, 0.15) is 0 Å². The predicted octanol–water partition coefficient (Wildman–Crippen LogP) is 6.21. The van der Waals surface area contributed by atoms with Crippen LogP contribution in [0.25, 0.3) is 0 Å². The van der Waals surface area contributed by atoms with Gasteiger partial charge in [0.05, 0.1) is 11.7 Å². The van der Waals surface area contributed by atoms with Gasteiger partial charge < -0.3 is 15.1 Å². The third-order valence-corrected chi connectivity index (χ3v) is 13.9. The molecule has 0 aromatic carbocycles. The highest BCUT2D eigenvalue weighted by Crippen LogP contribution is 2.78. The number of β-amino-alcohol motifs (C(OH)–C–C–N with tert-alkyl or cyclic N) is 1. The summed E-state index contributed by atoms with van der Waals surface area (Å²) < 4.78 is 0. The smallest absolute Gasteiger partial charge is 0.162 e. The predicted molar refractivity (Wildman–Crippen MR) is 150 cm³/mol. The number of allylic oxidation sites excluding steroid dienone is 4. The summed E-state index contributed by atoms with van der Waals surface area (Å²) in [5, 5.41) is 23.4. The molecule has 2 spiro atoms. The molecule has 210 valence electrons. The Balaban J connectivity index is 1.33. The molecule has 0 aromatic heterocycles. The minimum atomic E-state index is -0.683. The molecule has 4 saturated carbocycles. The molecule has 0 amide bonds. The van der Waals surface area contributed by atoms with E-state index in [0.29, 0.717) is 17.6 Å². The van der Waals surface area contributed by atoms with Crippen LogP contribution in [0.15, 0.2) is 23.8 Å². The summed E-state index contributed by atoms with van der Waals surface area (Å²) >= 11 is 0. The number of piperidine rings is 1. The summed E-state index contributed by atoms with van der Waals surface area (Å²) in [7, 11) is 0. The molecule has 0 aromatic rings. The van der Waals surface area contributed by atoms with E-state index in [4.69, 9.17) is 0 Å². The summed E-state index contributed by atoms with van der Waals surface area (Å²) in [5.74, 6) is 1.32. The van der Waals surface area contributed by atoms with Crippen LogP contribution in [-0.4, -0.2) is 52.2 Å². The maximum Gasteiger partial charge on any atom is 0.162 e. The number of nitrogens with zero attached hydrogens (tertiary/aromatic N) is 1. The number of carbonyl (C=O) groups excluding carboxylic acids is 1. The molecule has 1 saturated heterocycles. The number of aliphatic hydroxyl groups excluding tert-OH is 1. The highest BCUT2D eigenvalue weighted by atomic mass is 16.3. The highest BCUT2D eigenvalue weighted by Gasteiger charge is 2.74. The zero-order valence-electron chi connectivity index (χ0n) is 24.0. The van der Waals surface area contributed by atoms with E-state index in [1.54, 1.807) is 0 Å². The second-order valence-electron chi connectivity index (χ2n) is 15.3. The maximum atomic E-state index is 14.6. The number of rotatable bonds is 4. The van der Waals surface area contributed by atoms with Crippen molar-refractivity contribution in [3.05, 3.63) is 23.8 Å². The molecule has 2 bridgehead atoms. The zero-order chi connectivity index (χ0) is 26.4. The average Bonchev–Trinajstić information content (AvgIpc) is 3.19. The molecule has 8 aliphatic rings. The monoisotopic (exact) mass is 521 g/mol. The van der Waals surface area contributed by atoms with Crippen LogP contribution < -0.4 is 0 Å². The molecule has 2 N–H and O–H groups in total. The SMILES string of the molecule is CC12CCC(O)CC13C=CC1(C(C(=O)C4CCCCC4)=C3)C2CCC2(C)C1CCC2(O)CN1CCCCC1. The van der Waals surface area contributed by atoms with Crippen LogP contribution in [0.5, 0.6) is 0 Å². The Morgan fingerprint density at radius 1 is 0.868 bits per heavy atom. The molecule has 38 heavy (non-hydrogen) atoms. The summed E-state index contributed by atoms with van der Waals surface area (Å²) in [6, 6.07) is 0. The number of hydrogen-bond donors (Lipinski definition) is 2. The van der Waals surface area contributed by atoms with E-state index in [1.165, 1.54) is 38.5 Å². The van der Waals surface area contributed by atoms with E-state index in [2.05, 4.69) is 37.0 Å². The van der Waals surface area contributed by atoms with Gasteiger partial charge in [0.25, 0.3) is 0 Å². The number of likely N-dealkylation sites (tertiary alicyclic amines) is 1. The fraction of sp³-hybridized carbons (Fsp3) is 0.853. The van der Waals surface area contributed by atoms with Crippen molar-refractivity contribution in [1.82, 2.24) is 4.90 Å². The highest BCUT2D eigenvalue weighted by molar-refractivity contribution is 6.00. The maximum absolute atomic E-state index is 14.6. The molecule has 4 nitrogen and oxygen atoms in total. The lowest BCUT2D eigenvalue weighted by Gasteiger charge is -2.71. The van der Waals surface area contributed by atoms with Gasteiger partial charge in [-0.05, 0) is 101 Å². The van der Waals surface area contributed by atoms with E-state index in [-0.39, 0.29) is 33.7 Å². The molecule has 7 aliphatic carbocycles. The lowest BCUT2D eigenvalue weighted by Crippen LogP contribution is -2.67. The number of aliphatic hydroxyl groups is 2. The fourth-order valence-corrected chi connectivity index (χ4v) is 11.7. The third kappa shape index (κ3) is 3.29. The van der Waals surface area contributed by atoms with Crippen molar-refractivity contribution in [3.63, 3.8) is 0 Å². The van der Waals surface area contributed by atoms with Crippen molar-refractivity contribution >= 4 is 5.78 Å². The first-order chi connectivity index (χ1) is 18.2. The van der Waals surface area contributed by atoms with Crippen LogP contribution >= 0.6 is 0 Å². The van der Waals surface area contributed by atoms with Crippen LogP contribution in [0.2, 0.25) is 0 Å². The van der Waals surface area contributed by atoms with Crippen molar-refractivity contribution in [2.24, 2.45) is 39.4 Å². The minimum absolute atomic E-state index is 0.0756. The van der Waals surface area contributed by atoms with Gasteiger partial charge in [-0.1, -0.05) is 57.8 Å². The quantitative estimate of drug-likeness (QED) is 0.432. The number of fused-ring (bicyclic) bond motifs is 1. The van der Waals surface area contributed by atoms with Crippen LogP contribution in [0.4, 0.5) is 0 Å². The van der Waals surface area contributed by atoms with E-state index < -0.39 is 5.60 Å². The first kappa shape index (κ1) is 26.0. The summed E-state index contributed by atoms with van der Waals surface area (Å²) in [4.78, 5) is 17.1. The first-order valence-electron chi connectivity index (χ1n) is 16.3. The molecular formula is C34H51NO3. The average molecular weight is 522 g/mol. The normalized spacial score (nSPS) is 50.7. The number of ketones is 1. The topological polar surface area (TPSA) is 60.8 Å². The Hall–Kier alpha value is -0.970. The second kappa shape index (κ2) is 8.76. The minimum Gasteiger partial charge on any atom is -0.393 e. The van der Waals surface area contributed by atoms with Gasteiger partial charge in [0.15, 0.2) is 5.78 Å².